The van der Waals surface area contributed by atoms with E-state index in [0.717, 1.165) is 0 Å². The van der Waals surface area contributed by atoms with Crippen LogP contribution in [0.1, 0.15) is 20.8 Å². The topological polar surface area (TPSA) is 20.3 Å². The van der Waals surface area contributed by atoms with Crippen LogP contribution in [-0.2, 0) is 4.79 Å². The molecule has 3 heteroatoms. The van der Waals surface area contributed by atoms with Crippen molar-refractivity contribution in [3.05, 3.63) is 0 Å². The lowest BCUT2D eigenvalue weighted by Crippen LogP contribution is -2.42. The highest BCUT2D eigenvalue weighted by molar-refractivity contribution is 8.01. The normalized spacial score (nSPS) is 32.1. The summed E-state index contributed by atoms with van der Waals surface area (Å²) in [5.74, 6) is 1.42. The third kappa shape index (κ3) is 1.26. The second kappa shape index (κ2) is 2.70. The first-order valence-corrected chi connectivity index (χ1v) is 4.87. The summed E-state index contributed by atoms with van der Waals surface area (Å²) in [7, 11) is 1.89. The van der Waals surface area contributed by atoms with Crippen LogP contribution in [0.4, 0.5) is 0 Å². The minimum absolute atomic E-state index is 0.0249. The number of carbonyl (C=O) groups is 1. The van der Waals surface area contributed by atoms with Crippen molar-refractivity contribution in [2.24, 2.45) is 5.92 Å². The molecule has 1 saturated heterocycles. The van der Waals surface area contributed by atoms with Gasteiger partial charge in [0, 0.05) is 7.05 Å². The van der Waals surface area contributed by atoms with Crippen LogP contribution in [0.3, 0.4) is 0 Å². The molecule has 2 nitrogen and oxygen atoms in total. The zero-order valence-electron chi connectivity index (χ0n) is 7.55. The smallest absolute Gasteiger partial charge is 0.233 e. The Kier molecular flexibility index (Phi) is 2.19. The van der Waals surface area contributed by atoms with Crippen LogP contribution in [0.15, 0.2) is 0 Å². The first-order chi connectivity index (χ1) is 4.98. The summed E-state index contributed by atoms with van der Waals surface area (Å²) in [4.78, 5) is 13.1. The van der Waals surface area contributed by atoms with Gasteiger partial charge >= 0.3 is 0 Å². The lowest BCUT2D eigenvalue weighted by Gasteiger charge is -2.34. The molecule has 1 rings (SSSR count). The van der Waals surface area contributed by atoms with Crippen LogP contribution >= 0.6 is 11.8 Å². The molecule has 0 aromatic rings. The molecular weight excluding hydrogens is 158 g/mol. The zero-order valence-corrected chi connectivity index (χ0v) is 8.36. The molecule has 1 aliphatic heterocycles. The van der Waals surface area contributed by atoms with Gasteiger partial charge in [-0.3, -0.25) is 4.79 Å². The number of hydrogen-bond donors (Lipinski definition) is 0. The Morgan fingerprint density at radius 1 is 1.64 bits per heavy atom. The van der Waals surface area contributed by atoms with Crippen LogP contribution < -0.4 is 0 Å². The number of amides is 1. The Morgan fingerprint density at radius 2 is 2.18 bits per heavy atom. The summed E-state index contributed by atoms with van der Waals surface area (Å²) in [6.07, 6.45) is 0. The lowest BCUT2D eigenvalue weighted by atomic mass is 10.0. The molecule has 0 spiro atoms. The Balaban J connectivity index is 2.81. The summed E-state index contributed by atoms with van der Waals surface area (Å²) < 4.78 is 0. The van der Waals surface area contributed by atoms with Gasteiger partial charge in [0.15, 0.2) is 0 Å². The van der Waals surface area contributed by atoms with Crippen LogP contribution in [-0.4, -0.2) is 28.5 Å². The summed E-state index contributed by atoms with van der Waals surface area (Å²) >= 11 is 1.75. The molecule has 1 unspecified atom stereocenters. The molecule has 1 fully saturated rings. The van der Waals surface area contributed by atoms with Crippen molar-refractivity contribution in [3.63, 3.8) is 0 Å². The van der Waals surface area contributed by atoms with Crippen LogP contribution in [0.5, 0.6) is 0 Å². The van der Waals surface area contributed by atoms with Gasteiger partial charge in [-0.25, -0.2) is 0 Å². The van der Waals surface area contributed by atoms with Crippen molar-refractivity contribution >= 4 is 17.7 Å². The Hall–Kier alpha value is -0.180. The summed E-state index contributed by atoms with van der Waals surface area (Å²) in [5.41, 5.74) is 0. The van der Waals surface area contributed by atoms with Crippen molar-refractivity contribution < 1.29 is 4.79 Å². The van der Waals surface area contributed by atoms with Crippen molar-refractivity contribution in [2.45, 2.75) is 25.6 Å². The summed E-state index contributed by atoms with van der Waals surface area (Å²) in [5, 5.41) is 0. The Morgan fingerprint density at radius 3 is 2.36 bits per heavy atom. The van der Waals surface area contributed by atoms with E-state index in [1.165, 1.54) is 0 Å². The molecule has 0 radical (unpaired) electrons. The fourth-order valence-electron chi connectivity index (χ4n) is 1.20. The van der Waals surface area contributed by atoms with Gasteiger partial charge in [0.05, 0.1) is 10.6 Å². The first kappa shape index (κ1) is 8.91. The van der Waals surface area contributed by atoms with Crippen LogP contribution in [0.25, 0.3) is 0 Å². The molecule has 0 saturated carbocycles. The highest BCUT2D eigenvalue weighted by Crippen LogP contribution is 2.40. The van der Waals surface area contributed by atoms with Crippen molar-refractivity contribution in [2.75, 3.05) is 12.8 Å². The quantitative estimate of drug-likeness (QED) is 0.600. The maximum atomic E-state index is 11.2. The van der Waals surface area contributed by atoms with E-state index in [2.05, 4.69) is 20.8 Å². The van der Waals surface area contributed by atoms with Crippen molar-refractivity contribution in [1.82, 2.24) is 4.90 Å². The summed E-state index contributed by atoms with van der Waals surface area (Å²) in [6.45, 7) is 6.44. The minimum atomic E-state index is 0.0249. The number of carbonyl (C=O) groups excluding carboxylic acids is 1. The highest BCUT2D eigenvalue weighted by Gasteiger charge is 2.41. The highest BCUT2D eigenvalue weighted by atomic mass is 32.2. The predicted molar refractivity (Wildman–Crippen MR) is 48.5 cm³/mol. The van der Waals surface area contributed by atoms with Gasteiger partial charge < -0.3 is 4.90 Å². The molecular formula is C8H15NOS. The van der Waals surface area contributed by atoms with Crippen molar-refractivity contribution in [1.29, 1.82) is 0 Å². The SMILES string of the molecule is CC(C)C1(C)SCC(=O)N1C. The van der Waals surface area contributed by atoms with Gasteiger partial charge in [0.25, 0.3) is 0 Å². The molecule has 64 valence electrons. The standard InChI is InChI=1S/C8H15NOS/c1-6(2)8(3)9(4)7(10)5-11-8/h6H,5H2,1-4H3. The minimum Gasteiger partial charge on any atom is -0.330 e. The number of thioether (sulfide) groups is 1. The van der Waals surface area contributed by atoms with E-state index in [4.69, 9.17) is 0 Å². The second-order valence-corrected chi connectivity index (χ2v) is 4.85. The molecule has 0 bridgehead atoms. The molecule has 0 aromatic heterocycles. The van der Waals surface area contributed by atoms with Gasteiger partial charge in [-0.2, -0.15) is 0 Å². The van der Waals surface area contributed by atoms with E-state index in [-0.39, 0.29) is 10.8 Å². The average molecular weight is 173 g/mol. The van der Waals surface area contributed by atoms with Gasteiger partial charge in [0.1, 0.15) is 0 Å². The van der Waals surface area contributed by atoms with E-state index in [9.17, 15) is 4.79 Å². The van der Waals surface area contributed by atoms with Gasteiger partial charge in [-0.1, -0.05) is 13.8 Å². The lowest BCUT2D eigenvalue weighted by molar-refractivity contribution is -0.129. The Bertz CT molecular complexity index is 181. The molecule has 11 heavy (non-hydrogen) atoms. The molecule has 1 atom stereocenters. The number of hydrogen-bond acceptors (Lipinski definition) is 2. The van der Waals surface area contributed by atoms with Crippen LogP contribution in [0.2, 0.25) is 0 Å². The molecule has 0 N–H and O–H groups in total. The maximum absolute atomic E-state index is 11.2. The second-order valence-electron chi connectivity index (χ2n) is 3.45. The number of rotatable bonds is 1. The first-order valence-electron chi connectivity index (χ1n) is 3.89. The van der Waals surface area contributed by atoms with E-state index < -0.39 is 0 Å². The molecule has 1 heterocycles. The predicted octanol–water partition coefficient (Wildman–Crippen LogP) is 1.56. The fourth-order valence-corrected chi connectivity index (χ4v) is 2.44. The van der Waals surface area contributed by atoms with E-state index in [1.54, 1.807) is 11.8 Å². The average Bonchev–Trinajstić information content (AvgIpc) is 2.18. The zero-order chi connectivity index (χ0) is 8.65. The Labute approximate surface area is 72.3 Å². The largest absolute Gasteiger partial charge is 0.330 e. The molecule has 1 amide bonds. The van der Waals surface area contributed by atoms with E-state index in [1.807, 2.05) is 11.9 Å². The van der Waals surface area contributed by atoms with Gasteiger partial charge in [-0.15, -0.1) is 11.8 Å². The molecule has 0 aromatic carbocycles. The monoisotopic (exact) mass is 173 g/mol. The number of nitrogens with zero attached hydrogens (tertiary/aromatic N) is 1. The van der Waals surface area contributed by atoms with E-state index >= 15 is 0 Å². The summed E-state index contributed by atoms with van der Waals surface area (Å²) in [6, 6.07) is 0. The van der Waals surface area contributed by atoms with Crippen molar-refractivity contribution in [3.8, 4) is 0 Å². The van der Waals surface area contributed by atoms with Gasteiger partial charge in [0.2, 0.25) is 5.91 Å². The van der Waals surface area contributed by atoms with Gasteiger partial charge in [-0.05, 0) is 12.8 Å². The fraction of sp³-hybridized carbons (Fsp3) is 0.875. The molecule has 0 aliphatic carbocycles. The third-order valence-corrected chi connectivity index (χ3v) is 4.32. The van der Waals surface area contributed by atoms with E-state index in [0.29, 0.717) is 11.7 Å². The third-order valence-electron chi connectivity index (χ3n) is 2.60. The maximum Gasteiger partial charge on any atom is 0.233 e. The van der Waals surface area contributed by atoms with Crippen LogP contribution in [0, 0.1) is 5.92 Å². The molecule has 1 aliphatic rings.